The molecule has 0 amide bonds. The zero-order valence-corrected chi connectivity index (χ0v) is 9.50. The van der Waals surface area contributed by atoms with Gasteiger partial charge in [-0.15, -0.1) is 0 Å². The van der Waals surface area contributed by atoms with Crippen LogP contribution >= 0.6 is 23.2 Å². The second-order valence-corrected chi connectivity index (χ2v) is 4.06. The molecule has 0 aliphatic heterocycles. The summed E-state index contributed by atoms with van der Waals surface area (Å²) in [6.45, 7) is 0. The van der Waals surface area contributed by atoms with Crippen LogP contribution in [0.3, 0.4) is 0 Å². The SMILES string of the molecule is NNC(Cc1cccc(F)c1Cl)C(F)(F)Cl. The third-order valence-corrected chi connectivity index (χ3v) is 2.74. The number of hydrogen-bond acceptors (Lipinski definition) is 2. The van der Waals surface area contributed by atoms with E-state index in [1.165, 1.54) is 12.1 Å². The van der Waals surface area contributed by atoms with Gasteiger partial charge in [0, 0.05) is 0 Å². The Balaban J connectivity index is 2.91. The van der Waals surface area contributed by atoms with Crippen molar-refractivity contribution >= 4 is 23.2 Å². The molecule has 0 spiro atoms. The molecule has 0 saturated heterocycles. The molecule has 1 aromatic carbocycles. The van der Waals surface area contributed by atoms with Gasteiger partial charge in [-0.1, -0.05) is 23.7 Å². The van der Waals surface area contributed by atoms with Crippen molar-refractivity contribution in [3.8, 4) is 0 Å². The first-order valence-electron chi connectivity index (χ1n) is 4.32. The van der Waals surface area contributed by atoms with Gasteiger partial charge >= 0.3 is 5.38 Å². The summed E-state index contributed by atoms with van der Waals surface area (Å²) in [4.78, 5) is 0. The molecule has 0 saturated carbocycles. The van der Waals surface area contributed by atoms with E-state index in [-0.39, 0.29) is 17.0 Å². The molecule has 1 rings (SSSR count). The average Bonchev–Trinajstić information content (AvgIpc) is 2.18. The van der Waals surface area contributed by atoms with Crippen LogP contribution in [-0.4, -0.2) is 11.4 Å². The highest BCUT2D eigenvalue weighted by Gasteiger charge is 2.36. The zero-order valence-electron chi connectivity index (χ0n) is 7.98. The molecule has 7 heteroatoms. The lowest BCUT2D eigenvalue weighted by Gasteiger charge is -2.21. The van der Waals surface area contributed by atoms with Gasteiger partial charge in [-0.2, -0.15) is 8.78 Å². The van der Waals surface area contributed by atoms with E-state index in [9.17, 15) is 13.2 Å². The molecule has 0 aromatic heterocycles. The Labute approximate surface area is 100 Å². The summed E-state index contributed by atoms with van der Waals surface area (Å²) in [5, 5.41) is -3.74. The van der Waals surface area contributed by atoms with Gasteiger partial charge in [0.25, 0.3) is 0 Å². The van der Waals surface area contributed by atoms with Gasteiger partial charge < -0.3 is 0 Å². The fraction of sp³-hybridized carbons (Fsp3) is 0.333. The molecule has 1 unspecified atom stereocenters. The van der Waals surface area contributed by atoms with Crippen molar-refractivity contribution in [2.75, 3.05) is 0 Å². The quantitative estimate of drug-likeness (QED) is 0.503. The summed E-state index contributed by atoms with van der Waals surface area (Å²) >= 11 is 10.4. The van der Waals surface area contributed by atoms with Crippen molar-refractivity contribution < 1.29 is 13.2 Å². The average molecular weight is 273 g/mol. The fourth-order valence-electron chi connectivity index (χ4n) is 1.20. The first-order valence-corrected chi connectivity index (χ1v) is 5.07. The molecule has 0 bridgehead atoms. The van der Waals surface area contributed by atoms with Crippen molar-refractivity contribution in [3.05, 3.63) is 34.6 Å². The lowest BCUT2D eigenvalue weighted by atomic mass is 10.1. The molecule has 0 radical (unpaired) electrons. The van der Waals surface area contributed by atoms with Crippen LogP contribution in [-0.2, 0) is 6.42 Å². The van der Waals surface area contributed by atoms with Crippen LogP contribution in [0.15, 0.2) is 18.2 Å². The second-order valence-electron chi connectivity index (χ2n) is 3.18. The summed E-state index contributed by atoms with van der Waals surface area (Å²) in [6, 6.07) is 2.42. The molecule has 0 heterocycles. The molecule has 1 aromatic rings. The molecule has 0 aliphatic rings. The number of rotatable bonds is 4. The van der Waals surface area contributed by atoms with Crippen LogP contribution in [0.5, 0.6) is 0 Å². The van der Waals surface area contributed by atoms with Gasteiger partial charge in [0.05, 0.1) is 5.02 Å². The Bertz CT molecular complexity index is 368. The highest BCUT2D eigenvalue weighted by Crippen LogP contribution is 2.28. The minimum atomic E-state index is -3.54. The maximum Gasteiger partial charge on any atom is 0.338 e. The van der Waals surface area contributed by atoms with Gasteiger partial charge in [0.1, 0.15) is 11.9 Å². The van der Waals surface area contributed by atoms with E-state index in [0.29, 0.717) is 0 Å². The number of hydrazine groups is 1. The Kier molecular flexibility index (Phi) is 4.43. The van der Waals surface area contributed by atoms with Crippen molar-refractivity contribution in [1.82, 2.24) is 5.43 Å². The standard InChI is InChI=1S/C9H9Cl2F3N2/c10-8-5(2-1-3-6(8)12)4-7(16-15)9(11,13)14/h1-3,7,16H,4,15H2. The molecule has 2 nitrogen and oxygen atoms in total. The van der Waals surface area contributed by atoms with E-state index in [2.05, 4.69) is 0 Å². The second kappa shape index (κ2) is 5.23. The topological polar surface area (TPSA) is 38.0 Å². The summed E-state index contributed by atoms with van der Waals surface area (Å²) in [7, 11) is 0. The van der Waals surface area contributed by atoms with Crippen LogP contribution < -0.4 is 11.3 Å². The van der Waals surface area contributed by atoms with Gasteiger partial charge in [-0.3, -0.25) is 5.84 Å². The third-order valence-electron chi connectivity index (χ3n) is 2.05. The lowest BCUT2D eigenvalue weighted by Crippen LogP contribution is -2.47. The monoisotopic (exact) mass is 272 g/mol. The van der Waals surface area contributed by atoms with Crippen LogP contribution in [0.25, 0.3) is 0 Å². The molecular formula is C9H9Cl2F3N2. The molecule has 0 fully saturated rings. The van der Waals surface area contributed by atoms with Gasteiger partial charge in [-0.05, 0) is 29.7 Å². The fourth-order valence-corrected chi connectivity index (χ4v) is 1.54. The van der Waals surface area contributed by atoms with E-state index >= 15 is 0 Å². The molecule has 90 valence electrons. The van der Waals surface area contributed by atoms with Gasteiger partial charge in [0.15, 0.2) is 0 Å². The van der Waals surface area contributed by atoms with E-state index in [4.69, 9.17) is 29.0 Å². The van der Waals surface area contributed by atoms with Crippen LogP contribution in [0.4, 0.5) is 13.2 Å². The largest absolute Gasteiger partial charge is 0.338 e. The number of alkyl halides is 3. The maximum absolute atomic E-state index is 13.0. The van der Waals surface area contributed by atoms with E-state index in [1.807, 2.05) is 5.43 Å². The normalized spacial score (nSPS) is 13.9. The molecule has 1 atom stereocenters. The Morgan fingerprint density at radius 1 is 1.44 bits per heavy atom. The van der Waals surface area contributed by atoms with Crippen LogP contribution in [0, 0.1) is 5.82 Å². The van der Waals surface area contributed by atoms with Crippen molar-refractivity contribution in [2.45, 2.75) is 17.8 Å². The van der Waals surface area contributed by atoms with Gasteiger partial charge in [0.2, 0.25) is 0 Å². The highest BCUT2D eigenvalue weighted by atomic mass is 35.5. The predicted molar refractivity (Wildman–Crippen MR) is 57.0 cm³/mol. The Morgan fingerprint density at radius 3 is 2.56 bits per heavy atom. The van der Waals surface area contributed by atoms with Crippen molar-refractivity contribution in [1.29, 1.82) is 0 Å². The number of benzene rings is 1. The predicted octanol–water partition coefficient (Wildman–Crippen LogP) is 2.69. The summed E-state index contributed by atoms with van der Waals surface area (Å²) in [6.07, 6.45) is -0.274. The molecule has 16 heavy (non-hydrogen) atoms. The van der Waals surface area contributed by atoms with Crippen molar-refractivity contribution in [2.24, 2.45) is 5.84 Å². The van der Waals surface area contributed by atoms with Crippen LogP contribution in [0.1, 0.15) is 5.56 Å². The highest BCUT2D eigenvalue weighted by molar-refractivity contribution is 6.31. The first-order chi connectivity index (χ1) is 7.36. The number of nitrogens with two attached hydrogens (primary N) is 1. The smallest absolute Gasteiger partial charge is 0.271 e. The van der Waals surface area contributed by atoms with E-state index in [0.717, 1.165) is 6.07 Å². The molecule has 3 N–H and O–H groups in total. The third kappa shape index (κ3) is 3.25. The number of halogens is 5. The number of hydrogen-bond donors (Lipinski definition) is 2. The summed E-state index contributed by atoms with van der Waals surface area (Å²) < 4.78 is 38.6. The molecule has 0 aliphatic carbocycles. The van der Waals surface area contributed by atoms with Gasteiger partial charge in [-0.25, -0.2) is 9.82 Å². The first kappa shape index (κ1) is 13.6. The zero-order chi connectivity index (χ0) is 12.3. The van der Waals surface area contributed by atoms with Crippen molar-refractivity contribution in [3.63, 3.8) is 0 Å². The van der Waals surface area contributed by atoms with E-state index in [1.54, 1.807) is 0 Å². The Morgan fingerprint density at radius 2 is 2.06 bits per heavy atom. The minimum absolute atomic E-state index is 0.205. The lowest BCUT2D eigenvalue weighted by molar-refractivity contribution is 0.0502. The number of nitrogens with one attached hydrogen (secondary N) is 1. The minimum Gasteiger partial charge on any atom is -0.271 e. The Hall–Kier alpha value is -0.490. The summed E-state index contributed by atoms with van der Waals surface area (Å²) in [5.74, 6) is 4.27. The summed E-state index contributed by atoms with van der Waals surface area (Å²) in [5.41, 5.74) is 2.09. The van der Waals surface area contributed by atoms with Crippen LogP contribution in [0.2, 0.25) is 5.02 Å². The maximum atomic E-state index is 13.0. The van der Waals surface area contributed by atoms with E-state index < -0.39 is 17.2 Å². The molecular weight excluding hydrogens is 264 g/mol.